The molecule has 0 saturated heterocycles. The maximum absolute atomic E-state index is 12.1. The van der Waals surface area contributed by atoms with Gasteiger partial charge in [-0.1, -0.05) is 74.1 Å². The van der Waals surface area contributed by atoms with E-state index in [0.29, 0.717) is 0 Å². The molecule has 1 atom stereocenters. The predicted molar refractivity (Wildman–Crippen MR) is 82.2 cm³/mol. The van der Waals surface area contributed by atoms with Gasteiger partial charge in [-0.15, -0.1) is 0 Å². The molecule has 0 aliphatic rings. The van der Waals surface area contributed by atoms with Crippen LogP contribution in [0.2, 0.25) is 0 Å². The van der Waals surface area contributed by atoms with Crippen LogP contribution in [0.5, 0.6) is 0 Å². The van der Waals surface area contributed by atoms with E-state index in [1.807, 2.05) is 50.2 Å². The van der Waals surface area contributed by atoms with Gasteiger partial charge in [0.15, 0.2) is 5.12 Å². The minimum atomic E-state index is 0.105. The van der Waals surface area contributed by atoms with Crippen molar-refractivity contribution in [3.63, 3.8) is 0 Å². The lowest BCUT2D eigenvalue weighted by Gasteiger charge is -2.11. The third kappa shape index (κ3) is 3.48. The summed E-state index contributed by atoms with van der Waals surface area (Å²) in [6.45, 7) is 4.03. The summed E-state index contributed by atoms with van der Waals surface area (Å²) in [4.78, 5) is 13.1. The molecule has 0 saturated carbocycles. The van der Waals surface area contributed by atoms with E-state index in [2.05, 4.69) is 18.2 Å². The molecule has 0 radical (unpaired) electrons. The highest BCUT2D eigenvalue weighted by molar-refractivity contribution is 8.13. The Morgan fingerprint density at radius 1 is 1.05 bits per heavy atom. The maximum Gasteiger partial charge on any atom is 0.196 e. The Morgan fingerprint density at radius 2 is 1.68 bits per heavy atom. The molecule has 2 aromatic carbocycles. The zero-order valence-electron chi connectivity index (χ0n) is 11.3. The zero-order chi connectivity index (χ0) is 13.7. The lowest BCUT2D eigenvalue weighted by atomic mass is 10.1. The fraction of sp³-hybridized carbons (Fsp3) is 0.235. The average Bonchev–Trinajstić information content (AvgIpc) is 2.47. The van der Waals surface area contributed by atoms with Crippen LogP contribution in [-0.4, -0.2) is 5.12 Å². The van der Waals surface area contributed by atoms with Gasteiger partial charge in [0.25, 0.3) is 0 Å². The molecule has 0 amide bonds. The first-order chi connectivity index (χ1) is 9.22. The highest BCUT2D eigenvalue weighted by Crippen LogP contribution is 2.33. The Labute approximate surface area is 119 Å². The predicted octanol–water partition coefficient (Wildman–Crippen LogP) is 5.02. The van der Waals surface area contributed by atoms with E-state index in [1.54, 1.807) is 0 Å². The van der Waals surface area contributed by atoms with Gasteiger partial charge in [0.05, 0.1) is 0 Å². The summed E-state index contributed by atoms with van der Waals surface area (Å²) in [6.07, 6.45) is 0.888. The Hall–Kier alpha value is -1.54. The number of hydrogen-bond donors (Lipinski definition) is 0. The standard InChI is InChI=1S/C17H18OS/c1-3-13(2)17(18)19-16-12-8-7-11-15(16)14-9-5-4-6-10-14/h4-13H,3H2,1-2H3. The molecule has 2 heteroatoms. The van der Waals surface area contributed by atoms with Gasteiger partial charge in [0.2, 0.25) is 0 Å². The molecule has 0 bridgehead atoms. The van der Waals surface area contributed by atoms with Gasteiger partial charge in [-0.2, -0.15) is 0 Å². The summed E-state index contributed by atoms with van der Waals surface area (Å²) in [5.41, 5.74) is 2.28. The van der Waals surface area contributed by atoms with Crippen LogP contribution in [0.4, 0.5) is 0 Å². The summed E-state index contributed by atoms with van der Waals surface area (Å²) < 4.78 is 0. The number of hydrogen-bond acceptors (Lipinski definition) is 2. The van der Waals surface area contributed by atoms with Crippen molar-refractivity contribution < 1.29 is 4.79 Å². The molecule has 1 nitrogen and oxygen atoms in total. The fourth-order valence-electron chi connectivity index (χ4n) is 1.79. The molecule has 0 aliphatic heterocycles. The van der Waals surface area contributed by atoms with Gasteiger partial charge < -0.3 is 0 Å². The SMILES string of the molecule is CCC(C)C(=O)Sc1ccccc1-c1ccccc1. The second-order valence-electron chi connectivity index (χ2n) is 4.59. The van der Waals surface area contributed by atoms with E-state index in [9.17, 15) is 4.79 Å². The quantitative estimate of drug-likeness (QED) is 0.726. The van der Waals surface area contributed by atoms with E-state index in [-0.39, 0.29) is 11.0 Å². The van der Waals surface area contributed by atoms with E-state index in [1.165, 1.54) is 11.8 Å². The summed E-state index contributed by atoms with van der Waals surface area (Å²) >= 11 is 1.36. The Morgan fingerprint density at radius 3 is 2.37 bits per heavy atom. The van der Waals surface area contributed by atoms with Crippen LogP contribution >= 0.6 is 11.8 Å². The zero-order valence-corrected chi connectivity index (χ0v) is 12.1. The minimum absolute atomic E-state index is 0.105. The van der Waals surface area contributed by atoms with Crippen molar-refractivity contribution in [3.05, 3.63) is 54.6 Å². The first-order valence-electron chi connectivity index (χ1n) is 6.58. The van der Waals surface area contributed by atoms with Crippen molar-refractivity contribution in [3.8, 4) is 11.1 Å². The van der Waals surface area contributed by atoms with Crippen LogP contribution in [0.1, 0.15) is 20.3 Å². The number of carbonyl (C=O) groups is 1. The Balaban J connectivity index is 2.30. The van der Waals surface area contributed by atoms with E-state index in [4.69, 9.17) is 0 Å². The van der Waals surface area contributed by atoms with Crippen LogP contribution in [-0.2, 0) is 4.79 Å². The van der Waals surface area contributed by atoms with Crippen LogP contribution in [0.3, 0.4) is 0 Å². The molecule has 2 rings (SSSR count). The second-order valence-corrected chi connectivity index (χ2v) is 5.64. The third-order valence-electron chi connectivity index (χ3n) is 3.20. The van der Waals surface area contributed by atoms with Gasteiger partial charge in [0, 0.05) is 10.8 Å². The largest absolute Gasteiger partial charge is 0.287 e. The maximum atomic E-state index is 12.1. The summed E-state index contributed by atoms with van der Waals surface area (Å²) in [5, 5.41) is 0.242. The molecule has 0 aliphatic carbocycles. The molecule has 0 N–H and O–H groups in total. The van der Waals surface area contributed by atoms with Crippen LogP contribution in [0, 0.1) is 5.92 Å². The van der Waals surface area contributed by atoms with Gasteiger partial charge >= 0.3 is 0 Å². The van der Waals surface area contributed by atoms with E-state index >= 15 is 0 Å². The molecule has 0 fully saturated rings. The Bertz CT molecular complexity index is 548. The average molecular weight is 270 g/mol. The molecule has 2 aromatic rings. The number of rotatable bonds is 4. The third-order valence-corrected chi connectivity index (χ3v) is 4.38. The van der Waals surface area contributed by atoms with Gasteiger partial charge in [-0.3, -0.25) is 4.79 Å². The van der Waals surface area contributed by atoms with Crippen molar-refractivity contribution >= 4 is 16.9 Å². The lowest BCUT2D eigenvalue weighted by molar-refractivity contribution is -0.113. The lowest BCUT2D eigenvalue weighted by Crippen LogP contribution is -2.04. The van der Waals surface area contributed by atoms with Crippen molar-refractivity contribution in [1.82, 2.24) is 0 Å². The van der Waals surface area contributed by atoms with Crippen molar-refractivity contribution in [2.75, 3.05) is 0 Å². The van der Waals surface area contributed by atoms with E-state index in [0.717, 1.165) is 22.4 Å². The molecule has 98 valence electrons. The smallest absolute Gasteiger partial charge is 0.196 e. The first-order valence-corrected chi connectivity index (χ1v) is 7.40. The van der Waals surface area contributed by atoms with Crippen LogP contribution in [0.15, 0.2) is 59.5 Å². The van der Waals surface area contributed by atoms with Gasteiger partial charge in [-0.25, -0.2) is 0 Å². The second kappa shape index (κ2) is 6.58. The van der Waals surface area contributed by atoms with Crippen LogP contribution in [0.25, 0.3) is 11.1 Å². The highest BCUT2D eigenvalue weighted by Gasteiger charge is 2.14. The van der Waals surface area contributed by atoms with Gasteiger partial charge in [-0.05, 0) is 23.6 Å². The van der Waals surface area contributed by atoms with E-state index < -0.39 is 0 Å². The Kier molecular flexibility index (Phi) is 4.80. The number of benzene rings is 2. The van der Waals surface area contributed by atoms with Crippen molar-refractivity contribution in [2.45, 2.75) is 25.2 Å². The minimum Gasteiger partial charge on any atom is -0.287 e. The van der Waals surface area contributed by atoms with Gasteiger partial charge in [0.1, 0.15) is 0 Å². The highest BCUT2D eigenvalue weighted by atomic mass is 32.2. The van der Waals surface area contributed by atoms with Crippen LogP contribution < -0.4 is 0 Å². The summed E-state index contributed by atoms with van der Waals surface area (Å²) in [7, 11) is 0. The topological polar surface area (TPSA) is 17.1 Å². The monoisotopic (exact) mass is 270 g/mol. The normalized spacial score (nSPS) is 12.1. The summed E-state index contributed by atoms with van der Waals surface area (Å²) in [6, 6.07) is 18.3. The first kappa shape index (κ1) is 13.9. The molecular formula is C17H18OS. The molecule has 0 heterocycles. The fourth-order valence-corrected chi connectivity index (χ4v) is 2.81. The number of carbonyl (C=O) groups excluding carboxylic acids is 1. The number of thioether (sulfide) groups is 1. The molecule has 0 spiro atoms. The molecular weight excluding hydrogens is 252 g/mol. The van der Waals surface area contributed by atoms with Crippen molar-refractivity contribution in [1.29, 1.82) is 0 Å². The molecule has 19 heavy (non-hydrogen) atoms. The molecule has 1 unspecified atom stereocenters. The summed E-state index contributed by atoms with van der Waals surface area (Å²) in [5.74, 6) is 0.105. The van der Waals surface area contributed by atoms with Crippen molar-refractivity contribution in [2.24, 2.45) is 5.92 Å². The molecule has 0 aromatic heterocycles.